The van der Waals surface area contributed by atoms with Gasteiger partial charge < -0.3 is 5.73 Å². The van der Waals surface area contributed by atoms with Crippen LogP contribution in [0.3, 0.4) is 0 Å². The van der Waals surface area contributed by atoms with Gasteiger partial charge in [0.2, 0.25) is 0 Å². The fourth-order valence-electron chi connectivity index (χ4n) is 2.41. The molecule has 0 saturated heterocycles. The number of fused-ring (bicyclic) bond motifs is 1. The lowest BCUT2D eigenvalue weighted by Crippen LogP contribution is -2.28. The fraction of sp³-hybridized carbons (Fsp3) is 0.727. The summed E-state index contributed by atoms with van der Waals surface area (Å²) in [6.07, 6.45) is 7.56. The Morgan fingerprint density at radius 3 is 2.69 bits per heavy atom. The third-order valence-electron chi connectivity index (χ3n) is 3.25. The number of hydrogen-bond acceptors (Lipinski definition) is 1. The van der Waals surface area contributed by atoms with E-state index in [1.165, 1.54) is 43.4 Å². The summed E-state index contributed by atoms with van der Waals surface area (Å²) in [7, 11) is 2.20. The van der Waals surface area contributed by atoms with Gasteiger partial charge in [-0.1, -0.05) is 6.42 Å². The first-order chi connectivity index (χ1) is 6.29. The van der Waals surface area contributed by atoms with Gasteiger partial charge in [0.1, 0.15) is 13.6 Å². The van der Waals surface area contributed by atoms with Crippen molar-refractivity contribution in [1.82, 2.24) is 0 Å². The highest BCUT2D eigenvalue weighted by Gasteiger charge is 2.25. The molecule has 1 aliphatic carbocycles. The van der Waals surface area contributed by atoms with E-state index >= 15 is 0 Å². The van der Waals surface area contributed by atoms with Crippen LogP contribution in [-0.4, -0.2) is 23.9 Å². The van der Waals surface area contributed by atoms with Crippen LogP contribution >= 0.6 is 0 Å². The van der Waals surface area contributed by atoms with Gasteiger partial charge in [-0.05, 0) is 19.3 Å². The van der Waals surface area contributed by atoms with E-state index in [1.807, 2.05) is 0 Å². The molecule has 2 nitrogen and oxygen atoms in total. The van der Waals surface area contributed by atoms with Gasteiger partial charge in [0, 0.05) is 24.1 Å². The summed E-state index contributed by atoms with van der Waals surface area (Å²) in [5.41, 5.74) is 10.2. The molecule has 1 fully saturated rings. The summed E-state index contributed by atoms with van der Waals surface area (Å²) in [6.45, 7) is 1.12. The van der Waals surface area contributed by atoms with Crippen LogP contribution in [0, 0.1) is 0 Å². The summed E-state index contributed by atoms with van der Waals surface area (Å²) in [6, 6.07) is 0. The normalized spacial score (nSPS) is 24.4. The first-order valence-corrected chi connectivity index (χ1v) is 5.34. The van der Waals surface area contributed by atoms with E-state index in [9.17, 15) is 0 Å². The Kier molecular flexibility index (Phi) is 2.38. The molecule has 0 bridgehead atoms. The molecule has 2 N–H and O–H groups in total. The van der Waals surface area contributed by atoms with E-state index in [2.05, 4.69) is 11.6 Å². The quantitative estimate of drug-likeness (QED) is 0.563. The van der Waals surface area contributed by atoms with Gasteiger partial charge in [0.25, 0.3) is 0 Å². The van der Waals surface area contributed by atoms with E-state index in [-0.39, 0.29) is 0 Å². The maximum atomic E-state index is 6.05. The molecule has 2 aliphatic rings. The van der Waals surface area contributed by atoms with Gasteiger partial charge in [0.05, 0.1) is 0 Å². The molecule has 2 rings (SSSR count). The SMILES string of the molecule is C[N+]1=C2CCCCCC2=C(N)CC1. The van der Waals surface area contributed by atoms with E-state index in [0.29, 0.717) is 0 Å². The zero-order chi connectivity index (χ0) is 9.26. The molecule has 1 heterocycles. The average molecular weight is 179 g/mol. The monoisotopic (exact) mass is 179 g/mol. The summed E-state index contributed by atoms with van der Waals surface area (Å²) in [5.74, 6) is 0. The molecule has 72 valence electrons. The van der Waals surface area contributed by atoms with Gasteiger partial charge in [-0.3, -0.25) is 0 Å². The standard InChI is InChI=1S/C11H18N2/c1-13-8-7-10(12)9-5-3-2-4-6-11(9)13/h12H,2-8H2,1H3/p+1. The topological polar surface area (TPSA) is 29.0 Å². The Morgan fingerprint density at radius 2 is 1.85 bits per heavy atom. The zero-order valence-electron chi connectivity index (χ0n) is 8.47. The molecular formula is C11H19N2+. The van der Waals surface area contributed by atoms with Crippen molar-refractivity contribution >= 4 is 5.71 Å². The number of nitrogens with two attached hydrogens (primary N) is 1. The van der Waals surface area contributed by atoms with Crippen LogP contribution in [0.25, 0.3) is 0 Å². The second-order valence-corrected chi connectivity index (χ2v) is 4.18. The lowest BCUT2D eigenvalue weighted by molar-refractivity contribution is -0.499. The Labute approximate surface area is 80.1 Å². The lowest BCUT2D eigenvalue weighted by atomic mass is 9.98. The highest BCUT2D eigenvalue weighted by molar-refractivity contribution is 5.97. The molecule has 0 spiro atoms. The van der Waals surface area contributed by atoms with Gasteiger partial charge in [0.15, 0.2) is 5.71 Å². The average Bonchev–Trinajstić information content (AvgIpc) is 2.37. The summed E-state index contributed by atoms with van der Waals surface area (Å²) < 4.78 is 2.40. The maximum Gasteiger partial charge on any atom is 0.180 e. The molecule has 0 aromatic heterocycles. The van der Waals surface area contributed by atoms with E-state index < -0.39 is 0 Å². The number of allylic oxidation sites excluding steroid dienone is 1. The van der Waals surface area contributed by atoms with Crippen molar-refractivity contribution in [3.05, 3.63) is 11.3 Å². The predicted octanol–water partition coefficient (Wildman–Crippen LogP) is 1.65. The molecule has 0 unspecified atom stereocenters. The number of hydrogen-bond donors (Lipinski definition) is 1. The lowest BCUT2D eigenvalue weighted by Gasteiger charge is -2.15. The van der Waals surface area contributed by atoms with Gasteiger partial charge in [-0.2, -0.15) is 0 Å². The summed E-state index contributed by atoms with van der Waals surface area (Å²) in [4.78, 5) is 0. The second kappa shape index (κ2) is 3.52. The Balaban J connectivity index is 2.36. The van der Waals surface area contributed by atoms with Crippen molar-refractivity contribution < 1.29 is 4.58 Å². The van der Waals surface area contributed by atoms with Gasteiger partial charge in [-0.25, -0.2) is 4.58 Å². The smallest absolute Gasteiger partial charge is 0.180 e. The molecule has 0 aromatic carbocycles. The van der Waals surface area contributed by atoms with Crippen molar-refractivity contribution in [2.75, 3.05) is 13.6 Å². The summed E-state index contributed by atoms with van der Waals surface area (Å²) in [5, 5.41) is 0. The third kappa shape index (κ3) is 1.62. The molecule has 0 radical (unpaired) electrons. The van der Waals surface area contributed by atoms with Crippen LogP contribution in [0.4, 0.5) is 0 Å². The maximum absolute atomic E-state index is 6.05. The van der Waals surface area contributed by atoms with Crippen molar-refractivity contribution in [3.63, 3.8) is 0 Å². The molecular weight excluding hydrogens is 160 g/mol. The van der Waals surface area contributed by atoms with Crippen LogP contribution in [0.15, 0.2) is 11.3 Å². The summed E-state index contributed by atoms with van der Waals surface area (Å²) >= 11 is 0. The molecule has 1 saturated carbocycles. The van der Waals surface area contributed by atoms with Gasteiger partial charge >= 0.3 is 0 Å². The Bertz CT molecular complexity index is 246. The minimum absolute atomic E-state index is 1.06. The van der Waals surface area contributed by atoms with Crippen molar-refractivity contribution in [1.29, 1.82) is 0 Å². The molecule has 2 heteroatoms. The fourth-order valence-corrected chi connectivity index (χ4v) is 2.41. The molecule has 0 aromatic rings. The minimum Gasteiger partial charge on any atom is -0.401 e. The van der Waals surface area contributed by atoms with Crippen LogP contribution in [0.5, 0.6) is 0 Å². The highest BCUT2D eigenvalue weighted by Crippen LogP contribution is 2.24. The Hall–Kier alpha value is -0.790. The predicted molar refractivity (Wildman–Crippen MR) is 55.0 cm³/mol. The first-order valence-electron chi connectivity index (χ1n) is 5.34. The molecule has 1 aliphatic heterocycles. The van der Waals surface area contributed by atoms with Crippen LogP contribution in [0.1, 0.15) is 38.5 Å². The van der Waals surface area contributed by atoms with Crippen molar-refractivity contribution in [2.24, 2.45) is 5.73 Å². The van der Waals surface area contributed by atoms with Crippen molar-refractivity contribution in [3.8, 4) is 0 Å². The highest BCUT2D eigenvalue weighted by atomic mass is 15.0. The molecule has 0 amide bonds. The number of nitrogens with zero attached hydrogens (tertiary/aromatic N) is 1. The van der Waals surface area contributed by atoms with Crippen LogP contribution < -0.4 is 5.73 Å². The second-order valence-electron chi connectivity index (χ2n) is 4.18. The van der Waals surface area contributed by atoms with E-state index in [1.54, 1.807) is 0 Å². The molecule has 13 heavy (non-hydrogen) atoms. The molecule has 0 atom stereocenters. The largest absolute Gasteiger partial charge is 0.401 e. The Morgan fingerprint density at radius 1 is 1.08 bits per heavy atom. The van der Waals surface area contributed by atoms with Crippen LogP contribution in [0.2, 0.25) is 0 Å². The third-order valence-corrected chi connectivity index (χ3v) is 3.25. The van der Waals surface area contributed by atoms with E-state index in [0.717, 1.165) is 18.7 Å². The minimum atomic E-state index is 1.06. The van der Waals surface area contributed by atoms with E-state index in [4.69, 9.17) is 5.73 Å². The number of rotatable bonds is 0. The van der Waals surface area contributed by atoms with Crippen molar-refractivity contribution in [2.45, 2.75) is 38.5 Å². The van der Waals surface area contributed by atoms with Crippen LogP contribution in [-0.2, 0) is 0 Å². The zero-order valence-corrected chi connectivity index (χ0v) is 8.47. The van der Waals surface area contributed by atoms with Gasteiger partial charge in [-0.15, -0.1) is 0 Å². The first kappa shape index (κ1) is 8.79.